The molecule has 1 aliphatic rings. The van der Waals surface area contributed by atoms with Gasteiger partial charge in [-0.25, -0.2) is 8.42 Å². The maximum Gasteiger partial charge on any atom is 0.154 e. The summed E-state index contributed by atoms with van der Waals surface area (Å²) in [5, 5.41) is 3.07. The monoisotopic (exact) mass is 233 g/mol. The van der Waals surface area contributed by atoms with E-state index in [1.807, 2.05) is 0 Å². The topological polar surface area (TPSA) is 46.2 Å². The molecule has 1 fully saturated rings. The van der Waals surface area contributed by atoms with E-state index in [0.29, 0.717) is 18.2 Å². The van der Waals surface area contributed by atoms with Crippen LogP contribution in [-0.2, 0) is 9.84 Å². The Kier molecular flexibility index (Phi) is 5.06. The molecule has 90 valence electrons. The molecule has 0 radical (unpaired) electrons. The van der Waals surface area contributed by atoms with Gasteiger partial charge in [-0.05, 0) is 31.7 Å². The lowest BCUT2D eigenvalue weighted by Gasteiger charge is -2.15. The third-order valence-corrected chi connectivity index (χ3v) is 5.21. The zero-order valence-corrected chi connectivity index (χ0v) is 10.6. The first-order chi connectivity index (χ1) is 7.02. The van der Waals surface area contributed by atoms with E-state index in [4.69, 9.17) is 0 Å². The minimum atomic E-state index is -2.86. The predicted molar refractivity (Wildman–Crippen MR) is 63.8 cm³/mol. The van der Waals surface area contributed by atoms with Gasteiger partial charge in [-0.15, -0.1) is 0 Å². The molecule has 0 bridgehead atoms. The fourth-order valence-electron chi connectivity index (χ4n) is 1.86. The second-order valence-corrected chi connectivity index (χ2v) is 7.27. The van der Waals surface area contributed by atoms with Crippen LogP contribution in [0.5, 0.6) is 0 Å². The highest BCUT2D eigenvalue weighted by Crippen LogP contribution is 2.15. The molecule has 1 rings (SSSR count). The highest BCUT2D eigenvalue weighted by Gasteiger charge is 2.25. The van der Waals surface area contributed by atoms with Crippen LogP contribution in [-0.4, -0.2) is 32.5 Å². The lowest BCUT2D eigenvalue weighted by molar-refractivity contribution is 0.551. The normalized spacial score (nSPS) is 24.1. The molecule has 15 heavy (non-hydrogen) atoms. The Morgan fingerprint density at radius 1 is 1.33 bits per heavy atom. The zero-order chi connectivity index (χ0) is 11.3. The quantitative estimate of drug-likeness (QED) is 0.802. The number of hydrogen-bond acceptors (Lipinski definition) is 3. The third-order valence-electron chi connectivity index (χ3n) is 2.99. The Bertz CT molecular complexity index is 264. The molecular weight excluding hydrogens is 210 g/mol. The molecule has 0 aromatic carbocycles. The molecule has 1 heterocycles. The van der Waals surface area contributed by atoms with Crippen molar-refractivity contribution in [3.8, 4) is 0 Å². The molecule has 0 aliphatic carbocycles. The van der Waals surface area contributed by atoms with Gasteiger partial charge >= 0.3 is 0 Å². The predicted octanol–water partition coefficient (Wildman–Crippen LogP) is 1.59. The van der Waals surface area contributed by atoms with E-state index in [0.717, 1.165) is 32.2 Å². The molecule has 4 heteroatoms. The van der Waals surface area contributed by atoms with Crippen molar-refractivity contribution < 1.29 is 8.42 Å². The Hall–Kier alpha value is -0.0900. The molecule has 0 spiro atoms. The van der Waals surface area contributed by atoms with E-state index in [9.17, 15) is 8.42 Å². The van der Waals surface area contributed by atoms with Crippen LogP contribution in [0.4, 0.5) is 0 Å². The minimum absolute atomic E-state index is 0.140. The Labute approximate surface area is 93.6 Å². The molecule has 0 amide bonds. The molecule has 1 N–H and O–H groups in total. The molecule has 0 aromatic rings. The van der Waals surface area contributed by atoms with Gasteiger partial charge in [-0.3, -0.25) is 0 Å². The van der Waals surface area contributed by atoms with Crippen molar-refractivity contribution in [2.75, 3.05) is 18.8 Å². The highest BCUT2D eigenvalue weighted by molar-refractivity contribution is 7.92. The van der Waals surface area contributed by atoms with Gasteiger partial charge < -0.3 is 5.32 Å². The van der Waals surface area contributed by atoms with Gasteiger partial charge in [0.05, 0.1) is 11.0 Å². The standard InChI is InChI=1S/C11H23NO2S/c1-10(2)6-8-15(13,14)11-5-3-4-7-12-9-11/h10-12H,3-9H2,1-2H3. The maximum absolute atomic E-state index is 12.0. The second-order valence-electron chi connectivity index (χ2n) is 4.87. The summed E-state index contributed by atoms with van der Waals surface area (Å²) in [4.78, 5) is 0. The highest BCUT2D eigenvalue weighted by atomic mass is 32.2. The van der Waals surface area contributed by atoms with Gasteiger partial charge in [-0.1, -0.05) is 20.3 Å². The van der Waals surface area contributed by atoms with Crippen molar-refractivity contribution in [1.82, 2.24) is 5.32 Å². The molecule has 0 saturated carbocycles. The van der Waals surface area contributed by atoms with Gasteiger partial charge in [0.25, 0.3) is 0 Å². The van der Waals surface area contributed by atoms with Crippen molar-refractivity contribution in [3.63, 3.8) is 0 Å². The molecule has 0 aromatic heterocycles. The van der Waals surface area contributed by atoms with Crippen LogP contribution in [0.15, 0.2) is 0 Å². The summed E-state index contributed by atoms with van der Waals surface area (Å²) >= 11 is 0. The first kappa shape index (κ1) is 13.0. The molecule has 1 atom stereocenters. The molecule has 1 saturated heterocycles. The van der Waals surface area contributed by atoms with Crippen LogP contribution in [0.3, 0.4) is 0 Å². The summed E-state index contributed by atoms with van der Waals surface area (Å²) in [6.45, 7) is 5.76. The summed E-state index contributed by atoms with van der Waals surface area (Å²) < 4.78 is 24.0. The van der Waals surface area contributed by atoms with E-state index < -0.39 is 9.84 Å². The molecule has 3 nitrogen and oxygen atoms in total. The smallest absolute Gasteiger partial charge is 0.154 e. The van der Waals surface area contributed by atoms with Crippen molar-refractivity contribution in [3.05, 3.63) is 0 Å². The summed E-state index contributed by atoms with van der Waals surface area (Å²) in [5.74, 6) is 0.829. The molecule has 1 unspecified atom stereocenters. The van der Waals surface area contributed by atoms with Gasteiger partial charge in [0.2, 0.25) is 0 Å². The van der Waals surface area contributed by atoms with Crippen molar-refractivity contribution in [1.29, 1.82) is 0 Å². The van der Waals surface area contributed by atoms with Crippen LogP contribution >= 0.6 is 0 Å². The van der Waals surface area contributed by atoms with E-state index in [1.54, 1.807) is 0 Å². The first-order valence-corrected chi connectivity index (χ1v) is 7.66. The van der Waals surface area contributed by atoms with Crippen molar-refractivity contribution >= 4 is 9.84 Å². The molecular formula is C11H23NO2S. The summed E-state index contributed by atoms with van der Waals surface area (Å²) in [7, 11) is -2.86. The largest absolute Gasteiger partial charge is 0.315 e. The summed E-state index contributed by atoms with van der Waals surface area (Å²) in [5.41, 5.74) is 0. The third kappa shape index (κ3) is 4.51. The fourth-order valence-corrected chi connectivity index (χ4v) is 3.89. The van der Waals surface area contributed by atoms with Crippen molar-refractivity contribution in [2.45, 2.75) is 44.8 Å². The first-order valence-electron chi connectivity index (χ1n) is 5.94. The van der Waals surface area contributed by atoms with E-state index >= 15 is 0 Å². The van der Waals surface area contributed by atoms with Crippen LogP contribution in [0.2, 0.25) is 0 Å². The Morgan fingerprint density at radius 2 is 2.07 bits per heavy atom. The average Bonchev–Trinajstić information content (AvgIpc) is 2.43. The van der Waals surface area contributed by atoms with Gasteiger partial charge in [0.1, 0.15) is 0 Å². The second kappa shape index (κ2) is 5.85. The maximum atomic E-state index is 12.0. The van der Waals surface area contributed by atoms with Crippen LogP contribution in [0.25, 0.3) is 0 Å². The van der Waals surface area contributed by atoms with E-state index in [2.05, 4.69) is 19.2 Å². The number of rotatable bonds is 4. The lowest BCUT2D eigenvalue weighted by atomic mass is 10.2. The fraction of sp³-hybridized carbons (Fsp3) is 1.00. The minimum Gasteiger partial charge on any atom is -0.315 e. The van der Waals surface area contributed by atoms with Crippen LogP contribution in [0.1, 0.15) is 39.5 Å². The van der Waals surface area contributed by atoms with Crippen LogP contribution < -0.4 is 5.32 Å². The van der Waals surface area contributed by atoms with Gasteiger partial charge in [0.15, 0.2) is 9.84 Å². The summed E-state index contributed by atoms with van der Waals surface area (Å²) in [6, 6.07) is 0. The lowest BCUT2D eigenvalue weighted by Crippen LogP contribution is -2.33. The van der Waals surface area contributed by atoms with E-state index in [1.165, 1.54) is 0 Å². The Morgan fingerprint density at radius 3 is 2.73 bits per heavy atom. The zero-order valence-electron chi connectivity index (χ0n) is 9.83. The van der Waals surface area contributed by atoms with Gasteiger partial charge in [-0.2, -0.15) is 0 Å². The Balaban J connectivity index is 2.51. The SMILES string of the molecule is CC(C)CCS(=O)(=O)C1CCCCNC1. The average molecular weight is 233 g/mol. The summed E-state index contributed by atoms with van der Waals surface area (Å²) in [6.07, 6.45) is 3.78. The number of sulfone groups is 1. The van der Waals surface area contributed by atoms with Crippen LogP contribution in [0, 0.1) is 5.92 Å². The van der Waals surface area contributed by atoms with Gasteiger partial charge in [0, 0.05) is 6.54 Å². The van der Waals surface area contributed by atoms with E-state index in [-0.39, 0.29) is 5.25 Å². The molecule has 1 aliphatic heterocycles. The number of hydrogen-bond donors (Lipinski definition) is 1. The van der Waals surface area contributed by atoms with Crippen molar-refractivity contribution in [2.24, 2.45) is 5.92 Å². The number of nitrogens with one attached hydrogen (secondary N) is 1.